The largest absolute Gasteiger partial charge is 0.485 e. The summed E-state index contributed by atoms with van der Waals surface area (Å²) in [5, 5.41) is 0. The van der Waals surface area contributed by atoms with Crippen molar-refractivity contribution in [2.45, 2.75) is 26.1 Å². The average molecular weight is 395 g/mol. The summed E-state index contributed by atoms with van der Waals surface area (Å²) >= 11 is 3.34. The molecule has 1 atom stereocenters. The van der Waals surface area contributed by atoms with Crippen molar-refractivity contribution < 1.29 is 18.7 Å². The highest BCUT2D eigenvalue weighted by atomic mass is 79.9. The molecule has 2 rings (SSSR count). The van der Waals surface area contributed by atoms with Crippen LogP contribution in [0.3, 0.4) is 0 Å². The van der Waals surface area contributed by atoms with Crippen molar-refractivity contribution in [1.29, 1.82) is 0 Å². The lowest BCUT2D eigenvalue weighted by atomic mass is 10.1. The van der Waals surface area contributed by atoms with Gasteiger partial charge in [-0.3, -0.25) is 4.79 Å². The molecule has 2 aromatic carbocycles. The topological polar surface area (TPSA) is 35.5 Å². The number of ether oxygens (including phenoxy) is 2. The lowest BCUT2D eigenvalue weighted by Gasteiger charge is -2.18. The van der Waals surface area contributed by atoms with E-state index < -0.39 is 12.8 Å². The quantitative estimate of drug-likeness (QED) is 0.562. The van der Waals surface area contributed by atoms with Gasteiger partial charge in [0.15, 0.2) is 11.9 Å². The fraction of sp³-hybridized carbons (Fsp3) is 0.316. The molecule has 24 heavy (non-hydrogen) atoms. The van der Waals surface area contributed by atoms with E-state index in [-0.39, 0.29) is 12.4 Å². The van der Waals surface area contributed by atoms with Gasteiger partial charge in [0.25, 0.3) is 0 Å². The molecule has 1 unspecified atom stereocenters. The maximum atomic E-state index is 13.3. The molecule has 5 heteroatoms. The number of hydrogen-bond acceptors (Lipinski definition) is 3. The molecular weight excluding hydrogens is 375 g/mol. The number of ketones is 1. The number of carbonyl (C=O) groups is 1. The van der Waals surface area contributed by atoms with Gasteiger partial charge in [-0.1, -0.05) is 53.2 Å². The van der Waals surface area contributed by atoms with Gasteiger partial charge in [-0.2, -0.15) is 0 Å². The Morgan fingerprint density at radius 3 is 2.62 bits per heavy atom. The van der Waals surface area contributed by atoms with Crippen LogP contribution in [0.25, 0.3) is 0 Å². The van der Waals surface area contributed by atoms with Crippen LogP contribution in [0.1, 0.15) is 29.3 Å². The van der Waals surface area contributed by atoms with Gasteiger partial charge in [0, 0.05) is 10.9 Å². The van der Waals surface area contributed by atoms with Crippen LogP contribution >= 0.6 is 15.9 Å². The molecule has 128 valence electrons. The number of halogens is 2. The zero-order chi connectivity index (χ0) is 17.4. The summed E-state index contributed by atoms with van der Waals surface area (Å²) in [4.78, 5) is 12.0. The van der Waals surface area contributed by atoms with Gasteiger partial charge >= 0.3 is 0 Å². The molecule has 0 spiro atoms. The second-order valence-electron chi connectivity index (χ2n) is 5.31. The maximum Gasteiger partial charge on any atom is 0.166 e. The molecule has 0 bridgehead atoms. The Morgan fingerprint density at radius 2 is 1.96 bits per heavy atom. The Labute approximate surface area is 149 Å². The number of hydrogen-bond donors (Lipinski definition) is 0. The van der Waals surface area contributed by atoms with Crippen LogP contribution < -0.4 is 4.74 Å². The molecule has 0 amide bonds. The minimum Gasteiger partial charge on any atom is -0.485 e. The van der Waals surface area contributed by atoms with Crippen LogP contribution in [0.15, 0.2) is 53.0 Å². The Kier molecular flexibility index (Phi) is 7.40. The number of Topliss-reactive ketones (excluding diaryl/α,β-unsaturated/α-hetero) is 1. The lowest BCUT2D eigenvalue weighted by molar-refractivity contribution is 0.0293. The first kappa shape index (κ1) is 18.6. The van der Waals surface area contributed by atoms with Crippen LogP contribution in [-0.2, 0) is 11.3 Å². The molecule has 0 aromatic heterocycles. The van der Waals surface area contributed by atoms with Gasteiger partial charge in [-0.05, 0) is 23.8 Å². The highest BCUT2D eigenvalue weighted by molar-refractivity contribution is 9.10. The van der Waals surface area contributed by atoms with Gasteiger partial charge < -0.3 is 9.47 Å². The summed E-state index contributed by atoms with van der Waals surface area (Å²) in [6.45, 7) is 1.59. The fourth-order valence-electron chi connectivity index (χ4n) is 2.19. The summed E-state index contributed by atoms with van der Waals surface area (Å²) in [6, 6.07) is 14.8. The van der Waals surface area contributed by atoms with E-state index in [9.17, 15) is 9.18 Å². The van der Waals surface area contributed by atoms with Crippen molar-refractivity contribution in [3.05, 3.63) is 64.1 Å². The molecule has 2 aromatic rings. The Balaban J connectivity index is 1.98. The third kappa shape index (κ3) is 5.42. The molecule has 0 saturated carbocycles. The normalized spacial score (nSPS) is 12.0. The average Bonchev–Trinajstić information content (AvgIpc) is 2.62. The number of benzene rings is 2. The van der Waals surface area contributed by atoms with E-state index in [0.717, 1.165) is 10.0 Å². The summed E-state index contributed by atoms with van der Waals surface area (Å²) < 4.78 is 25.3. The molecule has 3 nitrogen and oxygen atoms in total. The summed E-state index contributed by atoms with van der Waals surface area (Å²) in [5.74, 6) is 0.338. The summed E-state index contributed by atoms with van der Waals surface area (Å²) in [6.07, 6.45) is -0.393. The van der Waals surface area contributed by atoms with Gasteiger partial charge in [-0.25, -0.2) is 4.39 Å². The monoisotopic (exact) mass is 394 g/mol. The van der Waals surface area contributed by atoms with Gasteiger partial charge in [-0.15, -0.1) is 0 Å². The highest BCUT2D eigenvalue weighted by Gasteiger charge is 2.17. The van der Waals surface area contributed by atoms with E-state index in [1.807, 2.05) is 30.3 Å². The number of alkyl halides is 1. The van der Waals surface area contributed by atoms with Crippen molar-refractivity contribution >= 4 is 21.7 Å². The third-order valence-electron chi connectivity index (χ3n) is 3.44. The molecule has 0 aliphatic heterocycles. The van der Waals surface area contributed by atoms with Crippen LogP contribution in [0, 0.1) is 0 Å². The van der Waals surface area contributed by atoms with E-state index in [4.69, 9.17) is 9.47 Å². The van der Waals surface area contributed by atoms with Crippen molar-refractivity contribution in [2.24, 2.45) is 0 Å². The highest BCUT2D eigenvalue weighted by Crippen LogP contribution is 2.25. The SMILES string of the molecule is CCC(=O)c1cc(Br)ccc1OC(CF)COCc1ccccc1. The van der Waals surface area contributed by atoms with Crippen molar-refractivity contribution in [2.75, 3.05) is 13.3 Å². The molecular formula is C19H20BrFO3. The van der Waals surface area contributed by atoms with E-state index in [2.05, 4.69) is 15.9 Å². The summed E-state index contributed by atoms with van der Waals surface area (Å²) in [7, 11) is 0. The van der Waals surface area contributed by atoms with Crippen molar-refractivity contribution in [1.82, 2.24) is 0 Å². The van der Waals surface area contributed by atoms with E-state index in [0.29, 0.717) is 24.3 Å². The first-order valence-electron chi connectivity index (χ1n) is 7.81. The van der Waals surface area contributed by atoms with Crippen LogP contribution in [-0.4, -0.2) is 25.2 Å². The minimum absolute atomic E-state index is 0.0471. The molecule has 0 aliphatic carbocycles. The molecule has 0 N–H and O–H groups in total. The molecule has 0 heterocycles. The van der Waals surface area contributed by atoms with Crippen molar-refractivity contribution in [3.63, 3.8) is 0 Å². The first-order valence-corrected chi connectivity index (χ1v) is 8.60. The van der Waals surface area contributed by atoms with Gasteiger partial charge in [0.1, 0.15) is 12.4 Å². The second kappa shape index (κ2) is 9.55. The van der Waals surface area contributed by atoms with Crippen molar-refractivity contribution in [3.8, 4) is 5.75 Å². The van der Waals surface area contributed by atoms with E-state index >= 15 is 0 Å². The van der Waals surface area contributed by atoms with Gasteiger partial charge in [0.05, 0.1) is 18.8 Å². The van der Waals surface area contributed by atoms with Crippen LogP contribution in [0.5, 0.6) is 5.75 Å². The van der Waals surface area contributed by atoms with E-state index in [1.165, 1.54) is 0 Å². The minimum atomic E-state index is -0.752. The van der Waals surface area contributed by atoms with Crippen LogP contribution in [0.4, 0.5) is 4.39 Å². The lowest BCUT2D eigenvalue weighted by Crippen LogP contribution is -2.26. The zero-order valence-corrected chi connectivity index (χ0v) is 15.1. The smallest absolute Gasteiger partial charge is 0.166 e. The van der Waals surface area contributed by atoms with E-state index in [1.54, 1.807) is 25.1 Å². The Hall–Kier alpha value is -1.72. The first-order chi connectivity index (χ1) is 11.6. The fourth-order valence-corrected chi connectivity index (χ4v) is 2.55. The number of carbonyl (C=O) groups excluding carboxylic acids is 1. The second-order valence-corrected chi connectivity index (χ2v) is 6.23. The Morgan fingerprint density at radius 1 is 1.21 bits per heavy atom. The van der Waals surface area contributed by atoms with Crippen LogP contribution in [0.2, 0.25) is 0 Å². The molecule has 0 fully saturated rings. The maximum absolute atomic E-state index is 13.3. The Bertz CT molecular complexity index is 661. The third-order valence-corrected chi connectivity index (χ3v) is 3.94. The predicted molar refractivity (Wildman–Crippen MR) is 95.3 cm³/mol. The standard InChI is InChI=1S/C19H20BrFO3/c1-2-18(22)17-10-15(20)8-9-19(17)24-16(11-21)13-23-12-14-6-4-3-5-7-14/h3-10,16H,2,11-13H2,1H3. The molecule has 0 saturated heterocycles. The molecule has 0 aliphatic rings. The molecule has 0 radical (unpaired) electrons. The predicted octanol–water partition coefficient (Wildman–Crippen LogP) is 4.98. The van der Waals surface area contributed by atoms with Gasteiger partial charge in [0.2, 0.25) is 0 Å². The number of rotatable bonds is 9. The summed E-state index contributed by atoms with van der Waals surface area (Å²) in [5.41, 5.74) is 1.47. The zero-order valence-electron chi connectivity index (χ0n) is 13.5.